The highest BCUT2D eigenvalue weighted by molar-refractivity contribution is 5.38. The first kappa shape index (κ1) is 7.06. The van der Waals surface area contributed by atoms with Gasteiger partial charge in [-0.1, -0.05) is 6.07 Å². The molecule has 1 rings (SSSR count). The lowest BCUT2D eigenvalue weighted by atomic mass is 10.1. The second kappa shape index (κ2) is 2.29. The first-order valence-electron chi connectivity index (χ1n) is 3.07. The van der Waals surface area contributed by atoms with Crippen LogP contribution >= 0.6 is 0 Å². The van der Waals surface area contributed by atoms with E-state index in [0.717, 1.165) is 5.56 Å². The standard InChI is InChI=1S/C8H9FO/c1-5-3-4-7(9)8(10)6(5)2/h3-4,10H,1-2H3. The maximum atomic E-state index is 12.5. The highest BCUT2D eigenvalue weighted by Gasteiger charge is 2.03. The summed E-state index contributed by atoms with van der Waals surface area (Å²) in [6, 6.07) is 2.90. The monoisotopic (exact) mass is 140 g/mol. The van der Waals surface area contributed by atoms with Gasteiger partial charge in [-0.3, -0.25) is 0 Å². The molecule has 1 N–H and O–H groups in total. The fraction of sp³-hybridized carbons (Fsp3) is 0.250. The van der Waals surface area contributed by atoms with E-state index in [1.807, 2.05) is 6.92 Å². The van der Waals surface area contributed by atoms with Crippen molar-refractivity contribution in [3.8, 4) is 5.75 Å². The molecule has 0 heterocycles. The molecule has 54 valence electrons. The minimum absolute atomic E-state index is 0.236. The van der Waals surface area contributed by atoms with Crippen LogP contribution in [0.1, 0.15) is 11.1 Å². The first-order chi connectivity index (χ1) is 4.63. The largest absolute Gasteiger partial charge is 0.505 e. The molecule has 10 heavy (non-hydrogen) atoms. The van der Waals surface area contributed by atoms with Crippen LogP contribution in [-0.4, -0.2) is 5.11 Å². The normalized spacial score (nSPS) is 9.90. The number of hydrogen-bond donors (Lipinski definition) is 1. The first-order valence-corrected chi connectivity index (χ1v) is 3.07. The average Bonchev–Trinajstić information content (AvgIpc) is 1.93. The summed E-state index contributed by atoms with van der Waals surface area (Å²) in [5.74, 6) is -0.789. The van der Waals surface area contributed by atoms with Crippen molar-refractivity contribution in [2.75, 3.05) is 0 Å². The van der Waals surface area contributed by atoms with Gasteiger partial charge in [0, 0.05) is 0 Å². The van der Waals surface area contributed by atoms with Crippen LogP contribution in [0.3, 0.4) is 0 Å². The van der Waals surface area contributed by atoms with E-state index in [0.29, 0.717) is 5.56 Å². The lowest BCUT2D eigenvalue weighted by molar-refractivity contribution is 0.428. The maximum absolute atomic E-state index is 12.5. The van der Waals surface area contributed by atoms with Crippen LogP contribution in [0.5, 0.6) is 5.75 Å². The van der Waals surface area contributed by atoms with Gasteiger partial charge in [-0.25, -0.2) is 4.39 Å². The van der Waals surface area contributed by atoms with Gasteiger partial charge in [0.2, 0.25) is 0 Å². The minimum atomic E-state index is -0.553. The van der Waals surface area contributed by atoms with Crippen LogP contribution < -0.4 is 0 Å². The third-order valence-electron chi connectivity index (χ3n) is 1.65. The highest BCUT2D eigenvalue weighted by Crippen LogP contribution is 2.22. The van der Waals surface area contributed by atoms with Crippen molar-refractivity contribution >= 4 is 0 Å². The maximum Gasteiger partial charge on any atom is 0.165 e. The molecule has 0 radical (unpaired) electrons. The van der Waals surface area contributed by atoms with Crippen molar-refractivity contribution in [1.29, 1.82) is 0 Å². The van der Waals surface area contributed by atoms with Crippen molar-refractivity contribution in [1.82, 2.24) is 0 Å². The van der Waals surface area contributed by atoms with Crippen LogP contribution in [0.4, 0.5) is 4.39 Å². The molecule has 0 saturated carbocycles. The molecule has 0 bridgehead atoms. The minimum Gasteiger partial charge on any atom is -0.505 e. The molecule has 0 saturated heterocycles. The molecule has 1 nitrogen and oxygen atoms in total. The van der Waals surface area contributed by atoms with Crippen molar-refractivity contribution in [3.05, 3.63) is 29.1 Å². The Morgan fingerprint density at radius 3 is 2.40 bits per heavy atom. The van der Waals surface area contributed by atoms with Gasteiger partial charge in [0.25, 0.3) is 0 Å². The lowest BCUT2D eigenvalue weighted by Crippen LogP contribution is -1.84. The van der Waals surface area contributed by atoms with Crippen LogP contribution in [0.15, 0.2) is 12.1 Å². The Balaban J connectivity index is 3.34. The van der Waals surface area contributed by atoms with E-state index in [1.165, 1.54) is 6.07 Å². The van der Waals surface area contributed by atoms with Gasteiger partial charge < -0.3 is 5.11 Å². The molecule has 0 atom stereocenters. The molecule has 1 aromatic rings. The summed E-state index contributed by atoms with van der Waals surface area (Å²) in [7, 11) is 0. The summed E-state index contributed by atoms with van der Waals surface area (Å²) >= 11 is 0. The molecule has 0 fully saturated rings. The van der Waals surface area contributed by atoms with E-state index in [1.54, 1.807) is 13.0 Å². The van der Waals surface area contributed by atoms with Crippen LogP contribution in [-0.2, 0) is 0 Å². The zero-order chi connectivity index (χ0) is 7.72. The predicted molar refractivity (Wildman–Crippen MR) is 37.5 cm³/mol. The summed E-state index contributed by atoms with van der Waals surface area (Å²) in [5, 5.41) is 9.01. The molecule has 0 amide bonds. The molecular formula is C8H9FO. The number of aromatic hydroxyl groups is 1. The van der Waals surface area contributed by atoms with E-state index in [4.69, 9.17) is 5.11 Å². The number of benzene rings is 1. The number of phenolic OH excluding ortho intramolecular Hbond substituents is 1. The van der Waals surface area contributed by atoms with E-state index >= 15 is 0 Å². The zero-order valence-electron chi connectivity index (χ0n) is 5.98. The Hall–Kier alpha value is -1.05. The third kappa shape index (κ3) is 0.967. The molecule has 0 aromatic heterocycles. The Morgan fingerprint density at radius 1 is 1.30 bits per heavy atom. The van der Waals surface area contributed by atoms with Crippen LogP contribution in [0.25, 0.3) is 0 Å². The molecule has 0 unspecified atom stereocenters. The van der Waals surface area contributed by atoms with Gasteiger partial charge in [0.05, 0.1) is 0 Å². The van der Waals surface area contributed by atoms with Gasteiger partial charge in [-0.15, -0.1) is 0 Å². The van der Waals surface area contributed by atoms with Gasteiger partial charge in [-0.05, 0) is 31.0 Å². The van der Waals surface area contributed by atoms with Gasteiger partial charge in [0.1, 0.15) is 0 Å². The van der Waals surface area contributed by atoms with Crippen LogP contribution in [0.2, 0.25) is 0 Å². The van der Waals surface area contributed by atoms with E-state index in [-0.39, 0.29) is 5.75 Å². The quantitative estimate of drug-likeness (QED) is 0.585. The van der Waals surface area contributed by atoms with E-state index in [2.05, 4.69) is 0 Å². The fourth-order valence-electron chi connectivity index (χ4n) is 0.768. The Morgan fingerprint density at radius 2 is 1.90 bits per heavy atom. The van der Waals surface area contributed by atoms with Crippen molar-refractivity contribution < 1.29 is 9.50 Å². The summed E-state index contributed by atoms with van der Waals surface area (Å²) in [4.78, 5) is 0. The van der Waals surface area contributed by atoms with Crippen molar-refractivity contribution in [2.45, 2.75) is 13.8 Å². The van der Waals surface area contributed by atoms with Crippen molar-refractivity contribution in [3.63, 3.8) is 0 Å². The number of halogens is 1. The predicted octanol–water partition coefficient (Wildman–Crippen LogP) is 2.15. The van der Waals surface area contributed by atoms with Crippen LogP contribution in [0, 0.1) is 19.7 Å². The fourth-order valence-corrected chi connectivity index (χ4v) is 0.768. The number of hydrogen-bond acceptors (Lipinski definition) is 1. The molecular weight excluding hydrogens is 131 g/mol. The molecule has 1 aromatic carbocycles. The number of rotatable bonds is 0. The third-order valence-corrected chi connectivity index (χ3v) is 1.65. The summed E-state index contributed by atoms with van der Waals surface area (Å²) < 4.78 is 12.5. The summed E-state index contributed by atoms with van der Waals surface area (Å²) in [6.45, 7) is 3.52. The highest BCUT2D eigenvalue weighted by atomic mass is 19.1. The SMILES string of the molecule is Cc1ccc(F)c(O)c1C. The molecule has 0 aliphatic rings. The second-order valence-electron chi connectivity index (χ2n) is 2.34. The molecule has 0 aliphatic heterocycles. The average molecular weight is 140 g/mol. The second-order valence-corrected chi connectivity index (χ2v) is 2.34. The molecule has 2 heteroatoms. The van der Waals surface area contributed by atoms with Crippen molar-refractivity contribution in [2.24, 2.45) is 0 Å². The molecule has 0 aliphatic carbocycles. The molecule has 0 spiro atoms. The summed E-state index contributed by atoms with van der Waals surface area (Å²) in [6.07, 6.45) is 0. The van der Waals surface area contributed by atoms with Gasteiger partial charge in [-0.2, -0.15) is 0 Å². The zero-order valence-corrected chi connectivity index (χ0v) is 5.98. The van der Waals surface area contributed by atoms with Gasteiger partial charge in [0.15, 0.2) is 11.6 Å². The Labute approximate surface area is 59.1 Å². The topological polar surface area (TPSA) is 20.2 Å². The number of phenols is 1. The summed E-state index contributed by atoms with van der Waals surface area (Å²) in [5.41, 5.74) is 1.51. The van der Waals surface area contributed by atoms with E-state index < -0.39 is 5.82 Å². The smallest absolute Gasteiger partial charge is 0.165 e. The van der Waals surface area contributed by atoms with Gasteiger partial charge >= 0.3 is 0 Å². The Bertz CT molecular complexity index is 229. The lowest BCUT2D eigenvalue weighted by Gasteiger charge is -2.01. The van der Waals surface area contributed by atoms with E-state index in [9.17, 15) is 4.39 Å². The number of aryl methyl sites for hydroxylation is 1. The Kier molecular flexibility index (Phi) is 1.62.